The van der Waals surface area contributed by atoms with E-state index in [4.69, 9.17) is 0 Å². The molecule has 0 spiro atoms. The zero-order chi connectivity index (χ0) is 23.0. The Bertz CT molecular complexity index is 1470. The number of hydrogen-bond acceptors (Lipinski definition) is 7. The number of aromatic nitrogens is 3. The molecule has 0 aliphatic heterocycles. The van der Waals surface area contributed by atoms with Crippen LogP contribution in [-0.2, 0) is 16.6 Å². The number of sulfonamides is 1. The predicted octanol–water partition coefficient (Wildman–Crippen LogP) is 3.03. The van der Waals surface area contributed by atoms with Crippen molar-refractivity contribution in [3.8, 4) is 0 Å². The molecule has 8 nitrogen and oxygen atoms in total. The molecular formula is C22H24N4O4S2. The topological polar surface area (TPSA) is 116 Å². The predicted molar refractivity (Wildman–Crippen MR) is 125 cm³/mol. The highest BCUT2D eigenvalue weighted by Gasteiger charge is 2.30. The Kier molecular flexibility index (Phi) is 6.13. The zero-order valence-corrected chi connectivity index (χ0v) is 19.7. The van der Waals surface area contributed by atoms with Gasteiger partial charge in [0.1, 0.15) is 15.9 Å². The Balaban J connectivity index is 1.82. The first-order chi connectivity index (χ1) is 15.2. The Morgan fingerprint density at radius 2 is 1.84 bits per heavy atom. The highest BCUT2D eigenvalue weighted by Crippen LogP contribution is 2.29. The molecule has 0 aliphatic rings. The van der Waals surface area contributed by atoms with Gasteiger partial charge in [0.05, 0.1) is 17.2 Å². The number of nitrogens with zero attached hydrogens (tertiary/aromatic N) is 3. The monoisotopic (exact) mass is 472 g/mol. The lowest BCUT2D eigenvalue weighted by Gasteiger charge is -2.23. The Morgan fingerprint density at radius 3 is 2.59 bits per heavy atom. The summed E-state index contributed by atoms with van der Waals surface area (Å²) < 4.78 is 37.0. The highest BCUT2D eigenvalue weighted by atomic mass is 32.2. The number of pyridine rings is 1. The summed E-state index contributed by atoms with van der Waals surface area (Å²) in [5.74, 6) is 0. The molecule has 0 radical (unpaired) electrons. The molecular weight excluding hydrogens is 448 g/mol. The van der Waals surface area contributed by atoms with Gasteiger partial charge in [-0.05, 0) is 61.4 Å². The normalized spacial score (nSPS) is 12.3. The lowest BCUT2D eigenvalue weighted by Crippen LogP contribution is -2.34. The number of aliphatic hydroxyl groups excluding tert-OH is 1. The van der Waals surface area contributed by atoms with E-state index in [1.807, 2.05) is 26.0 Å². The highest BCUT2D eigenvalue weighted by molar-refractivity contribution is 7.89. The molecule has 2 aromatic heterocycles. The van der Waals surface area contributed by atoms with Crippen molar-refractivity contribution in [1.82, 2.24) is 18.0 Å². The van der Waals surface area contributed by atoms with Crippen molar-refractivity contribution < 1.29 is 13.5 Å². The fourth-order valence-electron chi connectivity index (χ4n) is 3.79. The number of hydrogen-bond donors (Lipinski definition) is 2. The Morgan fingerprint density at radius 1 is 1.09 bits per heavy atom. The van der Waals surface area contributed by atoms with Crippen molar-refractivity contribution in [3.63, 3.8) is 0 Å². The molecule has 2 aromatic carbocycles. The van der Waals surface area contributed by atoms with Crippen molar-refractivity contribution in [2.24, 2.45) is 0 Å². The molecule has 0 fully saturated rings. The molecule has 2 N–H and O–H groups in total. The quantitative estimate of drug-likeness (QED) is 0.427. The number of benzene rings is 2. The molecule has 32 heavy (non-hydrogen) atoms. The van der Waals surface area contributed by atoms with Crippen LogP contribution < -0.4 is 5.56 Å². The molecule has 0 saturated heterocycles. The molecule has 0 amide bonds. The van der Waals surface area contributed by atoms with Crippen LogP contribution >= 0.6 is 11.7 Å². The van der Waals surface area contributed by atoms with E-state index in [1.165, 1.54) is 4.31 Å². The second-order valence-corrected chi connectivity index (χ2v) is 10.3. The first-order valence-electron chi connectivity index (χ1n) is 10.2. The van der Waals surface area contributed by atoms with Crippen molar-refractivity contribution >= 4 is 43.7 Å². The smallest absolute Gasteiger partial charge is 0.252 e. The molecule has 2 heterocycles. The lowest BCUT2D eigenvalue weighted by atomic mass is 10.0. The maximum Gasteiger partial charge on any atom is 0.252 e. The van der Waals surface area contributed by atoms with E-state index >= 15 is 0 Å². The van der Waals surface area contributed by atoms with Gasteiger partial charge in [0.25, 0.3) is 5.56 Å². The first-order valence-corrected chi connectivity index (χ1v) is 12.4. The minimum Gasteiger partial charge on any atom is -0.396 e. The van der Waals surface area contributed by atoms with Crippen molar-refractivity contribution in [2.45, 2.75) is 38.6 Å². The molecule has 168 valence electrons. The van der Waals surface area contributed by atoms with Crippen LogP contribution in [-0.4, -0.2) is 44.7 Å². The van der Waals surface area contributed by atoms with Gasteiger partial charge in [0.15, 0.2) is 0 Å². The number of aromatic amines is 1. The van der Waals surface area contributed by atoms with Crippen LogP contribution in [0.1, 0.15) is 28.7 Å². The number of fused-ring (bicyclic) bond motifs is 2. The summed E-state index contributed by atoms with van der Waals surface area (Å²) in [7, 11) is -4.01. The van der Waals surface area contributed by atoms with E-state index in [2.05, 4.69) is 13.7 Å². The maximum atomic E-state index is 13.7. The molecule has 4 rings (SSSR count). The molecule has 0 saturated carbocycles. The summed E-state index contributed by atoms with van der Waals surface area (Å²) in [5.41, 5.74) is 4.18. The number of aryl methyl sites for hydroxylation is 3. The second-order valence-electron chi connectivity index (χ2n) is 7.85. The Hall–Kier alpha value is -2.66. The van der Waals surface area contributed by atoms with Crippen molar-refractivity contribution in [2.75, 3.05) is 13.2 Å². The van der Waals surface area contributed by atoms with Gasteiger partial charge in [0.2, 0.25) is 10.0 Å². The van der Waals surface area contributed by atoms with Gasteiger partial charge < -0.3 is 10.1 Å². The van der Waals surface area contributed by atoms with Crippen LogP contribution in [0.15, 0.2) is 40.0 Å². The van der Waals surface area contributed by atoms with E-state index < -0.39 is 10.0 Å². The van der Waals surface area contributed by atoms with Gasteiger partial charge >= 0.3 is 0 Å². The average Bonchev–Trinajstić information content (AvgIpc) is 3.22. The molecule has 0 atom stereocenters. The summed E-state index contributed by atoms with van der Waals surface area (Å²) in [6.45, 7) is 5.41. The SMILES string of the molecule is Cc1ccc2nsnc2c1S(=O)(=O)N(CCCO)Cc1cc2ccc(C)c(C)c2[nH]c1=O. The fourth-order valence-corrected chi connectivity index (χ4v) is 6.20. The molecule has 0 unspecified atom stereocenters. The largest absolute Gasteiger partial charge is 0.396 e. The third kappa shape index (κ3) is 3.95. The molecule has 0 bridgehead atoms. The van der Waals surface area contributed by atoms with Gasteiger partial charge in [-0.15, -0.1) is 0 Å². The Labute approximate surface area is 189 Å². The summed E-state index contributed by atoms with van der Waals surface area (Å²) >= 11 is 0.954. The van der Waals surface area contributed by atoms with E-state index in [-0.39, 0.29) is 36.6 Å². The molecule has 10 heteroatoms. The van der Waals surface area contributed by atoms with Crippen molar-refractivity contribution in [1.29, 1.82) is 0 Å². The van der Waals surface area contributed by atoms with Crippen LogP contribution in [0.25, 0.3) is 21.9 Å². The first kappa shape index (κ1) is 22.5. The van der Waals surface area contributed by atoms with Gasteiger partial charge in [-0.25, -0.2) is 8.42 Å². The number of aliphatic hydroxyl groups is 1. The van der Waals surface area contributed by atoms with Gasteiger partial charge in [-0.2, -0.15) is 13.1 Å². The van der Waals surface area contributed by atoms with Crippen LogP contribution in [0, 0.1) is 20.8 Å². The summed E-state index contributed by atoms with van der Waals surface area (Å²) in [6, 6.07) is 9.06. The van der Waals surface area contributed by atoms with Crippen LogP contribution in [0.5, 0.6) is 0 Å². The van der Waals surface area contributed by atoms with Crippen LogP contribution in [0.3, 0.4) is 0 Å². The van der Waals surface area contributed by atoms with Gasteiger partial charge in [0, 0.05) is 25.3 Å². The summed E-state index contributed by atoms with van der Waals surface area (Å²) in [6.07, 6.45) is 0.243. The summed E-state index contributed by atoms with van der Waals surface area (Å²) in [5, 5.41) is 10.2. The number of nitrogens with one attached hydrogen (secondary N) is 1. The van der Waals surface area contributed by atoms with Crippen molar-refractivity contribution in [3.05, 3.63) is 62.9 Å². The number of H-pyrrole nitrogens is 1. The van der Waals surface area contributed by atoms with Gasteiger partial charge in [-0.3, -0.25) is 4.79 Å². The maximum absolute atomic E-state index is 13.7. The van der Waals surface area contributed by atoms with E-state index in [9.17, 15) is 18.3 Å². The van der Waals surface area contributed by atoms with Gasteiger partial charge in [-0.1, -0.05) is 18.2 Å². The molecule has 4 aromatic rings. The minimum absolute atomic E-state index is 0.0661. The summed E-state index contributed by atoms with van der Waals surface area (Å²) in [4.78, 5) is 15.9. The van der Waals surface area contributed by atoms with E-state index in [1.54, 1.807) is 25.1 Å². The van der Waals surface area contributed by atoms with E-state index in [0.29, 0.717) is 22.2 Å². The third-order valence-electron chi connectivity index (χ3n) is 5.72. The second kappa shape index (κ2) is 8.70. The molecule has 0 aliphatic carbocycles. The van der Waals surface area contributed by atoms with Crippen LogP contribution in [0.4, 0.5) is 0 Å². The fraction of sp³-hybridized carbons (Fsp3) is 0.318. The zero-order valence-electron chi connectivity index (χ0n) is 18.0. The minimum atomic E-state index is -4.01. The van der Waals surface area contributed by atoms with E-state index in [0.717, 1.165) is 33.8 Å². The standard InChI is InChI=1S/C22H24N4O4S2/c1-13-5-7-16-11-17(22(28)23-19(16)15(13)3)12-26(9-4-10-27)32(29,30)21-14(2)6-8-18-20(21)25-31-24-18/h5-8,11,27H,4,9-10,12H2,1-3H3,(H,23,28). The third-order valence-corrected chi connectivity index (χ3v) is 8.28. The van der Waals surface area contributed by atoms with Crippen LogP contribution in [0.2, 0.25) is 0 Å². The average molecular weight is 473 g/mol. The lowest BCUT2D eigenvalue weighted by molar-refractivity contribution is 0.267. The number of rotatable bonds is 7.